The lowest BCUT2D eigenvalue weighted by Crippen LogP contribution is -2.28. The Bertz CT molecular complexity index is 694. The van der Waals surface area contributed by atoms with E-state index in [9.17, 15) is 14.5 Å². The van der Waals surface area contributed by atoms with E-state index >= 15 is 0 Å². The fourth-order valence-corrected chi connectivity index (χ4v) is 5.26. The summed E-state index contributed by atoms with van der Waals surface area (Å²) >= 11 is 0. The maximum absolute atomic E-state index is 13.7. The number of hydrogen-bond donors (Lipinski definition) is 0. The minimum atomic E-state index is -3.32. The molecule has 0 aromatic heterocycles. The zero-order valence-electron chi connectivity index (χ0n) is 11.0. The van der Waals surface area contributed by atoms with Crippen LogP contribution in [0, 0.1) is 0 Å². The quantitative estimate of drug-likeness (QED) is 0.644. The molecule has 0 saturated carbocycles. The van der Waals surface area contributed by atoms with Crippen molar-refractivity contribution in [2.45, 2.75) is 5.66 Å². The van der Waals surface area contributed by atoms with Crippen LogP contribution in [0.25, 0.3) is 0 Å². The van der Waals surface area contributed by atoms with Gasteiger partial charge in [-0.15, -0.1) is 0 Å². The summed E-state index contributed by atoms with van der Waals surface area (Å²) in [4.78, 5) is 11.9. The predicted octanol–water partition coefficient (Wildman–Crippen LogP) is 2.20. The lowest BCUT2D eigenvalue weighted by molar-refractivity contribution is -0.140. The molecule has 0 N–H and O–H groups in total. The van der Waals surface area contributed by atoms with Crippen molar-refractivity contribution >= 4 is 23.7 Å². The molecular formula is C16H12O4P. The topological polar surface area (TPSA) is 63.3 Å². The highest BCUT2D eigenvalue weighted by Crippen LogP contribution is 2.51. The van der Waals surface area contributed by atoms with Gasteiger partial charge in [-0.2, -0.15) is 0 Å². The molecule has 1 unspecified atom stereocenters. The number of ether oxygens (including phenoxy) is 1. The molecular weight excluding hydrogens is 287 g/mol. The van der Waals surface area contributed by atoms with Crippen LogP contribution in [0.4, 0.5) is 0 Å². The third-order valence-corrected chi connectivity index (χ3v) is 6.68. The van der Waals surface area contributed by atoms with E-state index in [1.54, 1.807) is 60.7 Å². The van der Waals surface area contributed by atoms with Crippen LogP contribution in [0.1, 0.15) is 0 Å². The Morgan fingerprint density at radius 3 is 1.71 bits per heavy atom. The van der Waals surface area contributed by atoms with Gasteiger partial charge in [0.2, 0.25) is 0 Å². The summed E-state index contributed by atoms with van der Waals surface area (Å²) in [6.45, 7) is 0. The first-order chi connectivity index (χ1) is 10.1. The summed E-state index contributed by atoms with van der Waals surface area (Å²) in [5.74, 6) is -1.49. The second kappa shape index (κ2) is 5.23. The molecule has 1 atom stereocenters. The normalized spacial score (nSPS) is 18.2. The van der Waals surface area contributed by atoms with Crippen molar-refractivity contribution in [1.82, 2.24) is 0 Å². The summed E-state index contributed by atoms with van der Waals surface area (Å²) in [5.41, 5.74) is -1.06. The monoisotopic (exact) mass is 299 g/mol. The van der Waals surface area contributed by atoms with Gasteiger partial charge in [0.05, 0.1) is 0 Å². The smallest absolute Gasteiger partial charge is 0.335 e. The van der Waals surface area contributed by atoms with Gasteiger partial charge in [0, 0.05) is 16.7 Å². The lowest BCUT2D eigenvalue weighted by atomic mass is 10.4. The van der Waals surface area contributed by atoms with Gasteiger partial charge in [0.15, 0.2) is 7.14 Å². The van der Waals surface area contributed by atoms with Crippen molar-refractivity contribution < 1.29 is 19.2 Å². The molecule has 0 amide bonds. The van der Waals surface area contributed by atoms with Gasteiger partial charge in [0.1, 0.15) is 5.66 Å². The Hall–Kier alpha value is -2.32. The van der Waals surface area contributed by atoms with Crippen LogP contribution in [0.2, 0.25) is 0 Å². The number of benzene rings is 2. The first kappa shape index (κ1) is 13.7. The second-order valence-electron chi connectivity index (χ2n) is 4.68. The summed E-state index contributed by atoms with van der Waals surface area (Å²) in [6, 6.07) is 17.5. The average molecular weight is 299 g/mol. The number of rotatable bonds is 3. The molecule has 0 aliphatic carbocycles. The molecule has 3 rings (SSSR count). The number of cyclic esters (lactones) is 1. The van der Waals surface area contributed by atoms with E-state index < -0.39 is 24.7 Å². The largest absolute Gasteiger partial charge is 0.389 e. The Balaban J connectivity index is 2.22. The first-order valence-electron chi connectivity index (χ1n) is 6.44. The Morgan fingerprint density at radius 1 is 0.857 bits per heavy atom. The van der Waals surface area contributed by atoms with Crippen LogP contribution in [0.5, 0.6) is 0 Å². The molecule has 1 heterocycles. The van der Waals surface area contributed by atoms with Crippen molar-refractivity contribution in [3.05, 3.63) is 72.7 Å². The van der Waals surface area contributed by atoms with Crippen molar-refractivity contribution in [3.8, 4) is 0 Å². The molecule has 2 aromatic rings. The average Bonchev–Trinajstić information content (AvgIpc) is 2.87. The highest BCUT2D eigenvalue weighted by Gasteiger charge is 2.45. The molecule has 1 aliphatic heterocycles. The molecule has 0 fully saturated rings. The van der Waals surface area contributed by atoms with E-state index in [1.807, 2.05) is 0 Å². The Morgan fingerprint density at radius 2 is 1.33 bits per heavy atom. The molecule has 0 saturated heterocycles. The minimum absolute atomic E-state index is 0.532. The Labute approximate surface area is 122 Å². The summed E-state index contributed by atoms with van der Waals surface area (Å²) in [6.07, 6.45) is 1.11. The SMILES string of the molecule is [O]C1=CC(P(=O)(c2ccccc2)c2ccccc2)C(=O)O1. The number of carbonyl (C=O) groups excluding carboxylic acids is 1. The molecule has 1 aliphatic rings. The van der Waals surface area contributed by atoms with Crippen LogP contribution in [-0.4, -0.2) is 11.6 Å². The molecule has 21 heavy (non-hydrogen) atoms. The fraction of sp³-hybridized carbons (Fsp3) is 0.0625. The van der Waals surface area contributed by atoms with Gasteiger partial charge in [-0.3, -0.25) is 4.79 Å². The van der Waals surface area contributed by atoms with Crippen LogP contribution in [-0.2, 0) is 19.2 Å². The van der Waals surface area contributed by atoms with Crippen LogP contribution >= 0.6 is 7.14 Å². The van der Waals surface area contributed by atoms with Gasteiger partial charge in [0.25, 0.3) is 0 Å². The van der Waals surface area contributed by atoms with Crippen LogP contribution in [0.3, 0.4) is 0 Å². The van der Waals surface area contributed by atoms with Crippen molar-refractivity contribution in [2.75, 3.05) is 0 Å². The second-order valence-corrected chi connectivity index (χ2v) is 7.59. The molecule has 0 bridgehead atoms. The maximum atomic E-state index is 13.7. The molecule has 2 aromatic carbocycles. The van der Waals surface area contributed by atoms with Gasteiger partial charge >= 0.3 is 11.9 Å². The van der Waals surface area contributed by atoms with Crippen LogP contribution < -0.4 is 10.6 Å². The van der Waals surface area contributed by atoms with Gasteiger partial charge in [-0.25, -0.2) is 5.11 Å². The molecule has 5 heteroatoms. The van der Waals surface area contributed by atoms with E-state index in [4.69, 9.17) is 0 Å². The van der Waals surface area contributed by atoms with Gasteiger partial charge in [-0.1, -0.05) is 60.7 Å². The van der Waals surface area contributed by atoms with Crippen LogP contribution in [0.15, 0.2) is 72.7 Å². The number of hydrogen-bond acceptors (Lipinski definition) is 3. The predicted molar refractivity (Wildman–Crippen MR) is 78.4 cm³/mol. The molecule has 1 radical (unpaired) electrons. The van der Waals surface area contributed by atoms with Gasteiger partial charge in [-0.05, 0) is 0 Å². The number of carbonyl (C=O) groups is 1. The standard InChI is InChI=1S/C16H12O4P/c17-15-11-14(16(18)20-15)21(19,12-7-3-1-4-8-12)13-9-5-2-6-10-13/h1-11,14H. The summed E-state index contributed by atoms with van der Waals surface area (Å²) < 4.78 is 18.2. The third-order valence-electron chi connectivity index (χ3n) is 3.41. The lowest BCUT2D eigenvalue weighted by Gasteiger charge is -2.21. The van der Waals surface area contributed by atoms with Gasteiger partial charge < -0.3 is 9.30 Å². The minimum Gasteiger partial charge on any atom is -0.389 e. The van der Waals surface area contributed by atoms with Crippen molar-refractivity contribution in [3.63, 3.8) is 0 Å². The summed E-state index contributed by atoms with van der Waals surface area (Å²) in [7, 11) is -3.32. The first-order valence-corrected chi connectivity index (χ1v) is 8.21. The zero-order chi connectivity index (χ0) is 14.9. The number of esters is 1. The third kappa shape index (κ3) is 2.28. The van der Waals surface area contributed by atoms with E-state index in [-0.39, 0.29) is 0 Å². The molecule has 4 nitrogen and oxygen atoms in total. The fourth-order valence-electron chi connectivity index (χ4n) is 2.41. The van der Waals surface area contributed by atoms with Crippen molar-refractivity contribution in [2.24, 2.45) is 0 Å². The van der Waals surface area contributed by atoms with E-state index in [2.05, 4.69) is 4.74 Å². The highest BCUT2D eigenvalue weighted by atomic mass is 31.2. The van der Waals surface area contributed by atoms with Crippen molar-refractivity contribution in [1.29, 1.82) is 0 Å². The summed E-state index contributed by atoms with van der Waals surface area (Å²) in [5, 5.41) is 12.4. The maximum Gasteiger partial charge on any atom is 0.335 e. The highest BCUT2D eigenvalue weighted by molar-refractivity contribution is 7.80. The Kier molecular flexibility index (Phi) is 3.40. The molecule has 105 valence electrons. The van der Waals surface area contributed by atoms with E-state index in [1.165, 1.54) is 0 Å². The molecule has 0 spiro atoms. The zero-order valence-corrected chi connectivity index (χ0v) is 11.9. The van der Waals surface area contributed by atoms with E-state index in [0.717, 1.165) is 6.08 Å². The van der Waals surface area contributed by atoms with E-state index in [0.29, 0.717) is 10.6 Å².